The fraction of sp³-hybridized carbons (Fsp3) is 0.242. The lowest BCUT2D eigenvalue weighted by molar-refractivity contribution is 0.00578. The van der Waals surface area contributed by atoms with Crippen LogP contribution in [0.2, 0.25) is 0 Å². The van der Waals surface area contributed by atoms with E-state index in [9.17, 15) is 0 Å². The smallest absolute Gasteiger partial charge is 0.399 e. The Morgan fingerprint density at radius 1 is 0.711 bits per heavy atom. The molecule has 0 aromatic heterocycles. The van der Waals surface area contributed by atoms with E-state index in [1.165, 1.54) is 11.1 Å². The molecule has 4 aromatic carbocycles. The molecule has 4 aromatic rings. The normalized spacial score (nSPS) is 17.4. The van der Waals surface area contributed by atoms with Crippen LogP contribution < -0.4 is 11.2 Å². The van der Waals surface area contributed by atoms with Crippen LogP contribution in [0.15, 0.2) is 108 Å². The molecule has 1 heterocycles. The molecule has 0 aliphatic carbocycles. The molecule has 0 saturated carbocycles. The maximum atomic E-state index is 6.42. The molecule has 2 N–H and O–H groups in total. The minimum atomic E-state index is -0.379. The molecule has 5 heteroatoms. The summed E-state index contributed by atoms with van der Waals surface area (Å²) in [5.41, 5.74) is 13.7. The topological polar surface area (TPSA) is 56.8 Å². The minimum Gasteiger partial charge on any atom is -0.399 e. The Labute approximate surface area is 226 Å². The van der Waals surface area contributed by atoms with E-state index in [0.29, 0.717) is 5.69 Å². The van der Waals surface area contributed by atoms with E-state index in [-0.39, 0.29) is 24.4 Å². The van der Waals surface area contributed by atoms with E-state index in [1.54, 1.807) is 0 Å². The zero-order valence-electron chi connectivity index (χ0n) is 22.8. The first-order chi connectivity index (χ1) is 18.1. The van der Waals surface area contributed by atoms with Crippen molar-refractivity contribution in [2.24, 2.45) is 4.99 Å². The molecule has 1 unspecified atom stereocenters. The second-order valence-corrected chi connectivity index (χ2v) is 10.9. The summed E-state index contributed by atoms with van der Waals surface area (Å²) < 4.78 is 12.4. The quantitative estimate of drug-likeness (QED) is 0.179. The maximum Gasteiger partial charge on any atom is 0.494 e. The zero-order valence-corrected chi connectivity index (χ0v) is 22.8. The lowest BCUT2D eigenvalue weighted by atomic mass is 9.78. The van der Waals surface area contributed by atoms with Crippen molar-refractivity contribution >= 4 is 24.0 Å². The van der Waals surface area contributed by atoms with Crippen LogP contribution in [0, 0.1) is 0 Å². The Hall–Kier alpha value is -3.67. The van der Waals surface area contributed by atoms with Crippen molar-refractivity contribution in [3.8, 4) is 11.1 Å². The maximum absolute atomic E-state index is 6.42. The van der Waals surface area contributed by atoms with Gasteiger partial charge in [-0.25, -0.2) is 0 Å². The van der Waals surface area contributed by atoms with Gasteiger partial charge in [0.15, 0.2) is 0 Å². The highest BCUT2D eigenvalue weighted by Crippen LogP contribution is 2.36. The molecule has 1 atom stereocenters. The molecule has 192 valence electrons. The van der Waals surface area contributed by atoms with Gasteiger partial charge in [0.05, 0.1) is 23.0 Å². The largest absolute Gasteiger partial charge is 0.494 e. The number of nitrogens with zero attached hydrogens (tertiary/aromatic N) is 1. The minimum absolute atomic E-state index is 0.0780. The average Bonchev–Trinajstić information content (AvgIpc) is 3.15. The Morgan fingerprint density at radius 2 is 1.26 bits per heavy atom. The van der Waals surface area contributed by atoms with Gasteiger partial charge < -0.3 is 15.0 Å². The number of nitrogens with two attached hydrogens (primary N) is 1. The third kappa shape index (κ3) is 5.17. The molecule has 1 saturated heterocycles. The summed E-state index contributed by atoms with van der Waals surface area (Å²) in [6.45, 7) is 10.4. The SMILES string of the molecule is CC(N=C(c1ccc(-c2ccccc2)cc1)c1ccccc1N)c1ccc(B2OC(C)(C)C(C)(C)O2)cc1. The number of benzene rings is 4. The van der Waals surface area contributed by atoms with Crippen LogP contribution >= 0.6 is 0 Å². The first-order valence-corrected chi connectivity index (χ1v) is 13.2. The van der Waals surface area contributed by atoms with E-state index < -0.39 is 0 Å². The Balaban J connectivity index is 1.45. The van der Waals surface area contributed by atoms with Gasteiger partial charge in [0.25, 0.3) is 0 Å². The first-order valence-electron chi connectivity index (χ1n) is 13.2. The van der Waals surface area contributed by atoms with Crippen LogP contribution in [0.25, 0.3) is 11.1 Å². The second-order valence-electron chi connectivity index (χ2n) is 10.9. The molecule has 38 heavy (non-hydrogen) atoms. The van der Waals surface area contributed by atoms with Crippen molar-refractivity contribution < 1.29 is 9.31 Å². The summed E-state index contributed by atoms with van der Waals surface area (Å²) in [5.74, 6) is 0. The van der Waals surface area contributed by atoms with Crippen molar-refractivity contribution in [1.29, 1.82) is 0 Å². The van der Waals surface area contributed by atoms with Crippen LogP contribution in [0.4, 0.5) is 5.69 Å². The van der Waals surface area contributed by atoms with Gasteiger partial charge in [-0.1, -0.05) is 97.1 Å². The van der Waals surface area contributed by atoms with Crippen LogP contribution in [-0.4, -0.2) is 24.0 Å². The third-order valence-electron chi connectivity index (χ3n) is 7.75. The van der Waals surface area contributed by atoms with Crippen molar-refractivity contribution in [2.75, 3.05) is 5.73 Å². The molecular formula is C33H35BN2O2. The van der Waals surface area contributed by atoms with Crippen molar-refractivity contribution in [2.45, 2.75) is 51.9 Å². The summed E-state index contributed by atoms with van der Waals surface area (Å²) in [6, 6.07) is 35.1. The van der Waals surface area contributed by atoms with E-state index in [1.807, 2.05) is 30.3 Å². The average molecular weight is 502 g/mol. The van der Waals surface area contributed by atoms with Gasteiger partial charge in [0.1, 0.15) is 0 Å². The number of nitrogen functional groups attached to an aromatic ring is 1. The molecule has 0 radical (unpaired) electrons. The van der Waals surface area contributed by atoms with Crippen molar-refractivity contribution in [1.82, 2.24) is 0 Å². The Kier molecular flexibility index (Phi) is 7.00. The third-order valence-corrected chi connectivity index (χ3v) is 7.75. The van der Waals surface area contributed by atoms with Crippen LogP contribution in [0.5, 0.6) is 0 Å². The highest BCUT2D eigenvalue weighted by atomic mass is 16.7. The molecule has 0 spiro atoms. The first kappa shape index (κ1) is 26.0. The molecular weight excluding hydrogens is 467 g/mol. The van der Waals surface area contributed by atoms with Gasteiger partial charge in [0.2, 0.25) is 0 Å². The summed E-state index contributed by atoms with van der Waals surface area (Å²) in [4.78, 5) is 5.20. The fourth-order valence-corrected chi connectivity index (χ4v) is 4.64. The standard InChI is InChI=1S/C33H35BN2O2/c1-23(24-19-21-28(22-20-24)34-37-32(2,3)33(4,5)38-34)36-31(29-13-9-10-14-30(29)35)27-17-15-26(16-18-27)25-11-7-6-8-12-25/h6-23H,35H2,1-5H3. The summed E-state index contributed by atoms with van der Waals surface area (Å²) in [5, 5.41) is 0. The Bertz CT molecular complexity index is 1410. The van der Waals surface area contributed by atoms with E-state index in [2.05, 4.69) is 107 Å². The lowest BCUT2D eigenvalue weighted by Crippen LogP contribution is -2.41. The number of hydrogen-bond donors (Lipinski definition) is 1. The lowest BCUT2D eigenvalue weighted by Gasteiger charge is -2.32. The van der Waals surface area contributed by atoms with Gasteiger partial charge in [-0.2, -0.15) is 0 Å². The van der Waals surface area contributed by atoms with Crippen LogP contribution in [-0.2, 0) is 9.31 Å². The number of hydrogen-bond acceptors (Lipinski definition) is 4. The molecule has 5 rings (SSSR count). The van der Waals surface area contributed by atoms with Crippen molar-refractivity contribution in [3.63, 3.8) is 0 Å². The zero-order chi connectivity index (χ0) is 26.9. The fourth-order valence-electron chi connectivity index (χ4n) is 4.64. The predicted octanol–water partition coefficient (Wildman–Crippen LogP) is 6.83. The Morgan fingerprint density at radius 3 is 1.87 bits per heavy atom. The van der Waals surface area contributed by atoms with Crippen LogP contribution in [0.1, 0.15) is 57.4 Å². The summed E-state index contributed by atoms with van der Waals surface area (Å²) >= 11 is 0. The van der Waals surface area contributed by atoms with Crippen molar-refractivity contribution in [3.05, 3.63) is 120 Å². The molecule has 4 nitrogen and oxygen atoms in total. The summed E-state index contributed by atoms with van der Waals surface area (Å²) in [6.07, 6.45) is 0. The van der Waals surface area contributed by atoms with E-state index in [0.717, 1.165) is 27.9 Å². The van der Waals surface area contributed by atoms with Gasteiger partial charge in [-0.15, -0.1) is 0 Å². The van der Waals surface area contributed by atoms with E-state index >= 15 is 0 Å². The molecule has 0 bridgehead atoms. The molecule has 0 amide bonds. The monoisotopic (exact) mass is 502 g/mol. The molecule has 1 aliphatic rings. The highest BCUT2D eigenvalue weighted by Gasteiger charge is 2.51. The van der Waals surface area contributed by atoms with E-state index in [4.69, 9.17) is 20.0 Å². The molecule has 1 aliphatic heterocycles. The van der Waals surface area contributed by atoms with Gasteiger partial charge in [0, 0.05) is 16.8 Å². The van der Waals surface area contributed by atoms with Crippen LogP contribution in [0.3, 0.4) is 0 Å². The van der Waals surface area contributed by atoms with Gasteiger partial charge in [-0.05, 0) is 62.8 Å². The van der Waals surface area contributed by atoms with Gasteiger partial charge in [-0.3, -0.25) is 4.99 Å². The summed E-state index contributed by atoms with van der Waals surface area (Å²) in [7, 11) is -0.379. The molecule has 1 fully saturated rings. The predicted molar refractivity (Wildman–Crippen MR) is 159 cm³/mol. The number of aliphatic imine (C=N–C) groups is 1. The number of anilines is 1. The second kappa shape index (κ2) is 10.2. The van der Waals surface area contributed by atoms with Gasteiger partial charge >= 0.3 is 7.12 Å². The highest BCUT2D eigenvalue weighted by molar-refractivity contribution is 6.62. The number of rotatable bonds is 6. The number of para-hydroxylation sites is 1.